The highest BCUT2D eigenvalue weighted by atomic mass is 79.9. The number of amides is 1. The van der Waals surface area contributed by atoms with Crippen LogP contribution >= 0.6 is 27.5 Å². The van der Waals surface area contributed by atoms with Gasteiger partial charge in [0.05, 0.1) is 12.6 Å². The maximum atomic E-state index is 12.2. The number of carbonyl (C=O) groups is 1. The standard InChI is InChI=1S/C15H13BrClNO2/c16-12-6-11(7-13(17)8-12)15(20)18-14(9-19)10-4-2-1-3-5-10/h1-8,14,19H,9H2,(H,18,20)/t14-/m0/s1. The van der Waals surface area contributed by atoms with Crippen LogP contribution in [0.5, 0.6) is 0 Å². The van der Waals surface area contributed by atoms with Crippen LogP contribution in [0.3, 0.4) is 0 Å². The van der Waals surface area contributed by atoms with Crippen molar-refractivity contribution in [2.24, 2.45) is 0 Å². The third-order valence-electron chi connectivity index (χ3n) is 2.81. The Morgan fingerprint density at radius 2 is 1.95 bits per heavy atom. The first-order chi connectivity index (χ1) is 9.60. The Morgan fingerprint density at radius 1 is 1.25 bits per heavy atom. The van der Waals surface area contributed by atoms with Crippen LogP contribution in [0.25, 0.3) is 0 Å². The van der Waals surface area contributed by atoms with Crippen molar-refractivity contribution < 1.29 is 9.90 Å². The van der Waals surface area contributed by atoms with E-state index in [1.165, 1.54) is 0 Å². The minimum Gasteiger partial charge on any atom is -0.394 e. The third kappa shape index (κ3) is 3.82. The molecule has 0 aliphatic carbocycles. The topological polar surface area (TPSA) is 49.3 Å². The summed E-state index contributed by atoms with van der Waals surface area (Å²) in [4.78, 5) is 12.2. The average molecular weight is 355 g/mol. The molecule has 1 amide bonds. The second-order valence-electron chi connectivity index (χ2n) is 4.28. The lowest BCUT2D eigenvalue weighted by atomic mass is 10.1. The van der Waals surface area contributed by atoms with Gasteiger partial charge >= 0.3 is 0 Å². The van der Waals surface area contributed by atoms with Crippen molar-refractivity contribution in [2.75, 3.05) is 6.61 Å². The Morgan fingerprint density at radius 3 is 2.55 bits per heavy atom. The number of rotatable bonds is 4. The Bertz CT molecular complexity index is 584. The predicted molar refractivity (Wildman–Crippen MR) is 82.9 cm³/mol. The monoisotopic (exact) mass is 353 g/mol. The molecule has 0 aliphatic rings. The van der Waals surface area contributed by atoms with Gasteiger partial charge in [-0.3, -0.25) is 4.79 Å². The summed E-state index contributed by atoms with van der Waals surface area (Å²) in [5.41, 5.74) is 1.29. The van der Waals surface area contributed by atoms with Gasteiger partial charge in [0.15, 0.2) is 0 Å². The first kappa shape index (κ1) is 15.0. The smallest absolute Gasteiger partial charge is 0.251 e. The van der Waals surface area contributed by atoms with E-state index < -0.39 is 6.04 Å². The van der Waals surface area contributed by atoms with Crippen molar-refractivity contribution in [3.63, 3.8) is 0 Å². The Hall–Kier alpha value is -1.36. The summed E-state index contributed by atoms with van der Waals surface area (Å²) >= 11 is 9.22. The maximum absolute atomic E-state index is 12.2. The molecule has 3 nitrogen and oxygen atoms in total. The van der Waals surface area contributed by atoms with Crippen LogP contribution in [0.15, 0.2) is 53.0 Å². The summed E-state index contributed by atoms with van der Waals surface area (Å²) in [5, 5.41) is 12.7. The van der Waals surface area contributed by atoms with E-state index in [4.69, 9.17) is 11.6 Å². The Labute approximate surface area is 130 Å². The number of aliphatic hydroxyl groups is 1. The van der Waals surface area contributed by atoms with Gasteiger partial charge in [-0.25, -0.2) is 0 Å². The lowest BCUT2D eigenvalue weighted by Gasteiger charge is -2.17. The lowest BCUT2D eigenvalue weighted by molar-refractivity contribution is 0.0916. The summed E-state index contributed by atoms with van der Waals surface area (Å²) < 4.78 is 0.732. The van der Waals surface area contributed by atoms with Crippen LogP contribution < -0.4 is 5.32 Å². The van der Waals surface area contributed by atoms with Gasteiger partial charge in [-0.15, -0.1) is 0 Å². The first-order valence-electron chi connectivity index (χ1n) is 6.03. The molecule has 2 aromatic rings. The summed E-state index contributed by atoms with van der Waals surface area (Å²) in [6, 6.07) is 13.8. The van der Waals surface area contributed by atoms with E-state index in [0.717, 1.165) is 10.0 Å². The second-order valence-corrected chi connectivity index (χ2v) is 5.63. The van der Waals surface area contributed by atoms with Gasteiger partial charge in [0, 0.05) is 15.1 Å². The second kappa shape index (κ2) is 6.88. The molecule has 20 heavy (non-hydrogen) atoms. The van der Waals surface area contributed by atoms with E-state index in [2.05, 4.69) is 21.2 Å². The molecule has 0 spiro atoms. The number of nitrogens with one attached hydrogen (secondary N) is 1. The zero-order valence-corrected chi connectivity index (χ0v) is 12.9. The number of hydrogen-bond donors (Lipinski definition) is 2. The van der Waals surface area contributed by atoms with Crippen LogP contribution in [0, 0.1) is 0 Å². The summed E-state index contributed by atoms with van der Waals surface area (Å²) in [6.07, 6.45) is 0. The third-order valence-corrected chi connectivity index (χ3v) is 3.49. The van der Waals surface area contributed by atoms with E-state index in [1.54, 1.807) is 18.2 Å². The molecule has 0 saturated carbocycles. The van der Waals surface area contributed by atoms with Crippen molar-refractivity contribution in [3.8, 4) is 0 Å². The fourth-order valence-corrected chi connectivity index (χ4v) is 2.71. The normalized spacial score (nSPS) is 11.9. The summed E-state index contributed by atoms with van der Waals surface area (Å²) in [5.74, 6) is -0.281. The van der Waals surface area contributed by atoms with E-state index in [0.29, 0.717) is 10.6 Å². The van der Waals surface area contributed by atoms with E-state index in [-0.39, 0.29) is 12.5 Å². The molecule has 5 heteroatoms. The average Bonchev–Trinajstić information content (AvgIpc) is 2.44. The molecule has 1 atom stereocenters. The van der Waals surface area contributed by atoms with E-state index >= 15 is 0 Å². The molecule has 2 rings (SSSR count). The van der Waals surface area contributed by atoms with E-state index in [9.17, 15) is 9.90 Å². The van der Waals surface area contributed by atoms with Gasteiger partial charge in [0.1, 0.15) is 0 Å². The zero-order valence-electron chi connectivity index (χ0n) is 10.5. The summed E-state index contributed by atoms with van der Waals surface area (Å²) in [7, 11) is 0. The molecule has 0 saturated heterocycles. The maximum Gasteiger partial charge on any atom is 0.251 e. The predicted octanol–water partition coefficient (Wildman–Crippen LogP) is 3.57. The van der Waals surface area contributed by atoms with Crippen LogP contribution in [0.2, 0.25) is 5.02 Å². The zero-order chi connectivity index (χ0) is 14.5. The largest absolute Gasteiger partial charge is 0.394 e. The lowest BCUT2D eigenvalue weighted by Crippen LogP contribution is -2.30. The van der Waals surface area contributed by atoms with Crippen LogP contribution in [0.4, 0.5) is 0 Å². The quantitative estimate of drug-likeness (QED) is 0.882. The molecule has 2 N–H and O–H groups in total. The molecule has 0 aliphatic heterocycles. The van der Waals surface area contributed by atoms with Gasteiger partial charge in [-0.05, 0) is 23.8 Å². The van der Waals surface area contributed by atoms with Gasteiger partial charge in [-0.1, -0.05) is 57.9 Å². The SMILES string of the molecule is O=C(N[C@@H](CO)c1ccccc1)c1cc(Cl)cc(Br)c1. The molecule has 0 fully saturated rings. The summed E-state index contributed by atoms with van der Waals surface area (Å²) in [6.45, 7) is -0.169. The minimum absolute atomic E-state index is 0.169. The number of aliphatic hydroxyl groups excluding tert-OH is 1. The molecule has 0 bridgehead atoms. The molecular weight excluding hydrogens is 342 g/mol. The fourth-order valence-electron chi connectivity index (χ4n) is 1.85. The number of hydrogen-bond acceptors (Lipinski definition) is 2. The number of halogens is 2. The van der Waals surface area contributed by atoms with Gasteiger partial charge in [0.25, 0.3) is 5.91 Å². The van der Waals surface area contributed by atoms with E-state index in [1.807, 2.05) is 30.3 Å². The van der Waals surface area contributed by atoms with Crippen molar-refractivity contribution in [2.45, 2.75) is 6.04 Å². The van der Waals surface area contributed by atoms with Crippen molar-refractivity contribution in [3.05, 3.63) is 69.2 Å². The van der Waals surface area contributed by atoms with Gasteiger partial charge in [-0.2, -0.15) is 0 Å². The van der Waals surface area contributed by atoms with Crippen LogP contribution in [-0.4, -0.2) is 17.6 Å². The van der Waals surface area contributed by atoms with Gasteiger partial charge in [0.2, 0.25) is 0 Å². The van der Waals surface area contributed by atoms with Crippen molar-refractivity contribution in [1.29, 1.82) is 0 Å². The first-order valence-corrected chi connectivity index (χ1v) is 7.20. The number of carbonyl (C=O) groups excluding carboxylic acids is 1. The highest BCUT2D eigenvalue weighted by Gasteiger charge is 2.15. The van der Waals surface area contributed by atoms with Crippen molar-refractivity contribution in [1.82, 2.24) is 5.32 Å². The minimum atomic E-state index is -0.443. The molecule has 0 unspecified atom stereocenters. The molecule has 104 valence electrons. The van der Waals surface area contributed by atoms with Gasteiger partial charge < -0.3 is 10.4 Å². The highest BCUT2D eigenvalue weighted by Crippen LogP contribution is 2.20. The Balaban J connectivity index is 2.17. The van der Waals surface area contributed by atoms with Crippen LogP contribution in [-0.2, 0) is 0 Å². The highest BCUT2D eigenvalue weighted by molar-refractivity contribution is 9.10. The molecule has 0 aromatic heterocycles. The fraction of sp³-hybridized carbons (Fsp3) is 0.133. The molecule has 2 aromatic carbocycles. The van der Waals surface area contributed by atoms with Crippen LogP contribution in [0.1, 0.15) is 22.0 Å². The molecular formula is C15H13BrClNO2. The number of benzene rings is 2. The molecule has 0 heterocycles. The Kier molecular flexibility index (Phi) is 5.17. The molecule has 0 radical (unpaired) electrons. The van der Waals surface area contributed by atoms with Crippen molar-refractivity contribution >= 4 is 33.4 Å².